The van der Waals surface area contributed by atoms with E-state index in [4.69, 9.17) is 4.43 Å². The van der Waals surface area contributed by atoms with E-state index in [-0.39, 0.29) is 5.78 Å². The van der Waals surface area contributed by atoms with Gasteiger partial charge < -0.3 is 4.43 Å². The van der Waals surface area contributed by atoms with Crippen LogP contribution >= 0.6 is 0 Å². The Bertz CT molecular complexity index is 456. The first kappa shape index (κ1) is 18.0. The number of rotatable bonds is 7. The molecule has 0 aliphatic carbocycles. The standard InChI is InChI=1S/C18H30O2Si/c1-8-17(19)16-11-9-10-12-18(16)20-21(13(2)3,14(4)5)15(6)7/h9-15H,8H2,1-7H3. The highest BCUT2D eigenvalue weighted by Crippen LogP contribution is 2.43. The zero-order valence-corrected chi connectivity index (χ0v) is 15.6. The first-order valence-electron chi connectivity index (χ1n) is 8.08. The molecule has 0 aromatic heterocycles. The molecule has 0 heterocycles. The van der Waals surface area contributed by atoms with Gasteiger partial charge >= 0.3 is 0 Å². The maximum absolute atomic E-state index is 12.2. The summed E-state index contributed by atoms with van der Waals surface area (Å²) in [6.07, 6.45) is 0.514. The molecule has 0 N–H and O–H groups in total. The van der Waals surface area contributed by atoms with Gasteiger partial charge in [-0.2, -0.15) is 0 Å². The predicted octanol–water partition coefficient (Wildman–Crippen LogP) is 5.83. The Morgan fingerprint density at radius 2 is 1.48 bits per heavy atom. The Balaban J connectivity index is 3.31. The summed E-state index contributed by atoms with van der Waals surface area (Å²) in [5.41, 5.74) is 2.24. The highest BCUT2D eigenvalue weighted by Gasteiger charge is 2.47. The lowest BCUT2D eigenvalue weighted by atomic mass is 10.1. The third-order valence-electron chi connectivity index (χ3n) is 4.50. The smallest absolute Gasteiger partial charge is 0.258 e. The molecule has 1 rings (SSSR count). The lowest BCUT2D eigenvalue weighted by molar-refractivity contribution is 0.0986. The summed E-state index contributed by atoms with van der Waals surface area (Å²) < 4.78 is 6.66. The maximum Gasteiger partial charge on any atom is 0.258 e. The molecular weight excluding hydrogens is 276 g/mol. The zero-order valence-electron chi connectivity index (χ0n) is 14.6. The molecule has 0 aliphatic heterocycles. The maximum atomic E-state index is 12.2. The molecular formula is C18H30O2Si. The first-order valence-corrected chi connectivity index (χ1v) is 10.2. The van der Waals surface area contributed by atoms with Crippen LogP contribution in [-0.2, 0) is 0 Å². The summed E-state index contributed by atoms with van der Waals surface area (Å²) in [6.45, 7) is 15.5. The van der Waals surface area contributed by atoms with E-state index < -0.39 is 8.32 Å². The van der Waals surface area contributed by atoms with Crippen molar-refractivity contribution in [2.24, 2.45) is 0 Å². The number of carbonyl (C=O) groups is 1. The molecule has 0 saturated carbocycles. The fourth-order valence-corrected chi connectivity index (χ4v) is 8.79. The lowest BCUT2D eigenvalue weighted by Gasteiger charge is -2.42. The molecule has 0 atom stereocenters. The topological polar surface area (TPSA) is 26.3 Å². The van der Waals surface area contributed by atoms with Crippen molar-refractivity contribution in [2.75, 3.05) is 0 Å². The van der Waals surface area contributed by atoms with Crippen LogP contribution in [0.5, 0.6) is 5.75 Å². The molecule has 0 unspecified atom stereocenters. The fourth-order valence-electron chi connectivity index (χ4n) is 3.52. The van der Waals surface area contributed by atoms with Crippen molar-refractivity contribution in [3.05, 3.63) is 29.8 Å². The summed E-state index contributed by atoms with van der Waals surface area (Å²) in [5.74, 6) is 0.942. The van der Waals surface area contributed by atoms with Gasteiger partial charge in [0.05, 0.1) is 5.56 Å². The second kappa shape index (κ2) is 7.26. The number of hydrogen-bond acceptors (Lipinski definition) is 2. The van der Waals surface area contributed by atoms with E-state index in [0.717, 1.165) is 11.3 Å². The number of Topliss-reactive ketones (excluding diaryl/α,β-unsaturated/α-hetero) is 1. The summed E-state index contributed by atoms with van der Waals surface area (Å²) in [4.78, 5) is 12.2. The van der Waals surface area contributed by atoms with E-state index in [2.05, 4.69) is 41.5 Å². The largest absolute Gasteiger partial charge is 0.542 e. The molecule has 0 amide bonds. The van der Waals surface area contributed by atoms with Gasteiger partial charge in [0.25, 0.3) is 8.32 Å². The molecule has 1 aromatic rings. The monoisotopic (exact) mass is 306 g/mol. The zero-order chi connectivity index (χ0) is 16.2. The number of hydrogen-bond donors (Lipinski definition) is 0. The summed E-state index contributed by atoms with van der Waals surface area (Å²) in [6, 6.07) is 7.72. The van der Waals surface area contributed by atoms with Crippen molar-refractivity contribution in [1.29, 1.82) is 0 Å². The van der Waals surface area contributed by atoms with E-state index in [1.807, 2.05) is 31.2 Å². The third kappa shape index (κ3) is 3.57. The van der Waals surface area contributed by atoms with Crippen LogP contribution in [0.3, 0.4) is 0 Å². The molecule has 0 radical (unpaired) electrons. The highest BCUT2D eigenvalue weighted by atomic mass is 28.4. The molecule has 0 saturated heterocycles. The van der Waals surface area contributed by atoms with Crippen molar-refractivity contribution in [3.8, 4) is 5.75 Å². The Morgan fingerprint density at radius 3 is 1.90 bits per heavy atom. The van der Waals surface area contributed by atoms with E-state index >= 15 is 0 Å². The minimum absolute atomic E-state index is 0.157. The number of ketones is 1. The molecule has 118 valence electrons. The molecule has 3 heteroatoms. The highest BCUT2D eigenvalue weighted by molar-refractivity contribution is 6.78. The second-order valence-electron chi connectivity index (χ2n) is 6.69. The van der Waals surface area contributed by atoms with Crippen LogP contribution in [0.15, 0.2) is 24.3 Å². The minimum Gasteiger partial charge on any atom is -0.542 e. The van der Waals surface area contributed by atoms with Crippen LogP contribution in [0.1, 0.15) is 65.2 Å². The normalized spacial score (nSPS) is 12.3. The average molecular weight is 307 g/mol. The third-order valence-corrected chi connectivity index (χ3v) is 10.5. The number of benzene rings is 1. The Labute approximate surface area is 131 Å². The van der Waals surface area contributed by atoms with E-state index in [1.165, 1.54) is 0 Å². The molecule has 0 fully saturated rings. The average Bonchev–Trinajstić information content (AvgIpc) is 2.43. The predicted molar refractivity (Wildman–Crippen MR) is 92.7 cm³/mol. The van der Waals surface area contributed by atoms with Crippen LogP contribution in [-0.4, -0.2) is 14.1 Å². The first-order chi connectivity index (χ1) is 9.77. The number of carbonyl (C=O) groups excluding carboxylic acids is 1. The van der Waals surface area contributed by atoms with Crippen molar-refractivity contribution in [3.63, 3.8) is 0 Å². The quantitative estimate of drug-likeness (QED) is 0.467. The number of para-hydroxylation sites is 1. The van der Waals surface area contributed by atoms with E-state index in [1.54, 1.807) is 0 Å². The van der Waals surface area contributed by atoms with Gasteiger partial charge in [0.15, 0.2) is 5.78 Å². The van der Waals surface area contributed by atoms with E-state index in [9.17, 15) is 4.79 Å². The summed E-state index contributed by atoms with van der Waals surface area (Å²) in [7, 11) is -2.01. The Morgan fingerprint density at radius 1 is 1.00 bits per heavy atom. The van der Waals surface area contributed by atoms with Gasteiger partial charge in [-0.15, -0.1) is 0 Å². The van der Waals surface area contributed by atoms with Crippen molar-refractivity contribution in [1.82, 2.24) is 0 Å². The fraction of sp³-hybridized carbons (Fsp3) is 0.611. The SMILES string of the molecule is CCC(=O)c1ccccc1O[Si](C(C)C)(C(C)C)C(C)C. The minimum atomic E-state index is -2.01. The van der Waals surface area contributed by atoms with Crippen LogP contribution in [0.4, 0.5) is 0 Å². The van der Waals surface area contributed by atoms with Crippen molar-refractivity contribution < 1.29 is 9.22 Å². The molecule has 2 nitrogen and oxygen atoms in total. The summed E-state index contributed by atoms with van der Waals surface area (Å²) in [5, 5.41) is 0. The van der Waals surface area contributed by atoms with Gasteiger partial charge in [-0.05, 0) is 28.8 Å². The van der Waals surface area contributed by atoms with Gasteiger partial charge in [0.2, 0.25) is 0 Å². The molecule has 0 bridgehead atoms. The van der Waals surface area contributed by atoms with Gasteiger partial charge in [0, 0.05) is 6.42 Å². The molecule has 1 aromatic carbocycles. The van der Waals surface area contributed by atoms with Gasteiger partial charge in [-0.3, -0.25) is 4.79 Å². The lowest BCUT2D eigenvalue weighted by Crippen LogP contribution is -2.50. The van der Waals surface area contributed by atoms with Crippen LogP contribution in [0, 0.1) is 0 Å². The summed E-state index contributed by atoms with van der Waals surface area (Å²) >= 11 is 0. The Kier molecular flexibility index (Phi) is 6.20. The van der Waals surface area contributed by atoms with Crippen molar-refractivity contribution in [2.45, 2.75) is 71.5 Å². The van der Waals surface area contributed by atoms with Gasteiger partial charge in [-0.25, -0.2) is 0 Å². The second-order valence-corrected chi connectivity index (χ2v) is 12.1. The molecule has 0 spiro atoms. The molecule has 21 heavy (non-hydrogen) atoms. The van der Waals surface area contributed by atoms with Crippen LogP contribution in [0.2, 0.25) is 16.6 Å². The van der Waals surface area contributed by atoms with Crippen molar-refractivity contribution >= 4 is 14.1 Å². The van der Waals surface area contributed by atoms with Gasteiger partial charge in [-0.1, -0.05) is 60.6 Å². The van der Waals surface area contributed by atoms with Crippen LogP contribution < -0.4 is 4.43 Å². The van der Waals surface area contributed by atoms with E-state index in [0.29, 0.717) is 23.0 Å². The molecule has 0 aliphatic rings. The van der Waals surface area contributed by atoms with Gasteiger partial charge in [0.1, 0.15) is 5.75 Å². The van der Waals surface area contributed by atoms with Crippen LogP contribution in [0.25, 0.3) is 0 Å². The Hall–Kier alpha value is -1.09.